The van der Waals surface area contributed by atoms with Crippen LogP contribution in [0.3, 0.4) is 0 Å². The molecule has 4 heteroatoms. The van der Waals surface area contributed by atoms with Crippen LogP contribution in [0.1, 0.15) is 10.6 Å². The van der Waals surface area contributed by atoms with E-state index in [9.17, 15) is 4.79 Å². The quantitative estimate of drug-likeness (QED) is 0.362. The molecule has 0 aromatic carbocycles. The molecule has 0 spiro atoms. The Morgan fingerprint density at radius 3 is 3.10 bits per heavy atom. The summed E-state index contributed by atoms with van der Waals surface area (Å²) in [7, 11) is 0. The van der Waals surface area contributed by atoms with Gasteiger partial charge in [0.25, 0.3) is 0 Å². The monoisotopic (exact) mass is 154 g/mol. The van der Waals surface area contributed by atoms with E-state index in [-0.39, 0.29) is 5.82 Å². The first-order valence-corrected chi connectivity index (χ1v) is 3.91. The SMILES string of the molecule is CSc1ccnc(C=O)n1. The molecule has 0 amide bonds. The maximum absolute atomic E-state index is 10.1. The molecule has 0 saturated heterocycles. The van der Waals surface area contributed by atoms with Gasteiger partial charge in [-0.2, -0.15) is 0 Å². The number of nitrogens with zero attached hydrogens (tertiary/aromatic N) is 2. The van der Waals surface area contributed by atoms with Crippen LogP contribution in [0.25, 0.3) is 0 Å². The zero-order valence-electron chi connectivity index (χ0n) is 5.44. The number of hydrogen-bond donors (Lipinski definition) is 0. The van der Waals surface area contributed by atoms with Crippen LogP contribution in [-0.2, 0) is 0 Å². The van der Waals surface area contributed by atoms with Crippen LogP contribution in [0, 0.1) is 0 Å². The summed E-state index contributed by atoms with van der Waals surface area (Å²) in [5, 5.41) is 0.817. The summed E-state index contributed by atoms with van der Waals surface area (Å²) in [5.74, 6) is 0.242. The minimum absolute atomic E-state index is 0.242. The van der Waals surface area contributed by atoms with Gasteiger partial charge >= 0.3 is 0 Å². The van der Waals surface area contributed by atoms with Crippen molar-refractivity contribution >= 4 is 18.0 Å². The molecular weight excluding hydrogens is 148 g/mol. The minimum atomic E-state index is 0.242. The van der Waals surface area contributed by atoms with E-state index in [0.717, 1.165) is 5.03 Å². The minimum Gasteiger partial charge on any atom is -0.294 e. The van der Waals surface area contributed by atoms with E-state index in [4.69, 9.17) is 0 Å². The third kappa shape index (κ3) is 1.54. The lowest BCUT2D eigenvalue weighted by atomic mass is 10.6. The number of carbonyl (C=O) groups is 1. The van der Waals surface area contributed by atoms with E-state index in [0.29, 0.717) is 6.29 Å². The molecule has 1 aromatic rings. The molecule has 0 saturated carbocycles. The lowest BCUT2D eigenvalue weighted by molar-refractivity contribution is 0.111. The molecule has 1 heterocycles. The average Bonchev–Trinajstić information content (AvgIpc) is 2.05. The number of rotatable bonds is 2. The average molecular weight is 154 g/mol. The third-order valence-electron chi connectivity index (χ3n) is 0.963. The van der Waals surface area contributed by atoms with E-state index in [2.05, 4.69) is 9.97 Å². The highest BCUT2D eigenvalue weighted by Crippen LogP contribution is 2.08. The zero-order valence-corrected chi connectivity index (χ0v) is 6.26. The van der Waals surface area contributed by atoms with Crippen molar-refractivity contribution in [2.45, 2.75) is 5.03 Å². The van der Waals surface area contributed by atoms with Gasteiger partial charge in [-0.1, -0.05) is 0 Å². The fourth-order valence-corrected chi connectivity index (χ4v) is 0.909. The predicted octanol–water partition coefficient (Wildman–Crippen LogP) is 1.01. The first-order chi connectivity index (χ1) is 4.86. The van der Waals surface area contributed by atoms with E-state index < -0.39 is 0 Å². The van der Waals surface area contributed by atoms with Crippen LogP contribution in [0.4, 0.5) is 0 Å². The molecule has 0 aliphatic carbocycles. The first-order valence-electron chi connectivity index (χ1n) is 2.69. The lowest BCUT2D eigenvalue weighted by Crippen LogP contribution is -1.91. The summed E-state index contributed by atoms with van der Waals surface area (Å²) < 4.78 is 0. The van der Waals surface area contributed by atoms with Gasteiger partial charge in [-0.05, 0) is 12.3 Å². The number of thioether (sulfide) groups is 1. The van der Waals surface area contributed by atoms with Crippen molar-refractivity contribution in [3.8, 4) is 0 Å². The number of aromatic nitrogens is 2. The fourth-order valence-electron chi connectivity index (χ4n) is 0.527. The second kappa shape index (κ2) is 3.31. The topological polar surface area (TPSA) is 42.9 Å². The van der Waals surface area contributed by atoms with Gasteiger partial charge in [0.2, 0.25) is 0 Å². The van der Waals surface area contributed by atoms with Crippen LogP contribution in [-0.4, -0.2) is 22.5 Å². The van der Waals surface area contributed by atoms with Crippen LogP contribution >= 0.6 is 11.8 Å². The molecule has 0 N–H and O–H groups in total. The number of aldehydes is 1. The highest BCUT2D eigenvalue weighted by molar-refractivity contribution is 7.98. The van der Waals surface area contributed by atoms with Gasteiger partial charge in [0, 0.05) is 6.20 Å². The molecule has 3 nitrogen and oxygen atoms in total. The molecule has 0 fully saturated rings. The van der Waals surface area contributed by atoms with Crippen LogP contribution in [0.5, 0.6) is 0 Å². The first kappa shape index (κ1) is 7.21. The van der Waals surface area contributed by atoms with Gasteiger partial charge in [0.05, 0.1) is 5.03 Å². The van der Waals surface area contributed by atoms with E-state index >= 15 is 0 Å². The van der Waals surface area contributed by atoms with Crippen molar-refractivity contribution in [3.63, 3.8) is 0 Å². The van der Waals surface area contributed by atoms with Gasteiger partial charge in [0.15, 0.2) is 12.1 Å². The Hall–Kier alpha value is -0.900. The number of carbonyl (C=O) groups excluding carboxylic acids is 1. The standard InChI is InChI=1S/C6H6N2OS/c1-10-6-2-3-7-5(4-9)8-6/h2-4H,1H3. The Balaban J connectivity index is 2.98. The molecule has 0 radical (unpaired) electrons. The van der Waals surface area contributed by atoms with E-state index in [1.165, 1.54) is 11.8 Å². The number of hydrogen-bond acceptors (Lipinski definition) is 4. The highest BCUT2D eigenvalue weighted by atomic mass is 32.2. The molecule has 1 aromatic heterocycles. The molecular formula is C6H6N2OS. The molecule has 0 aliphatic rings. The summed E-state index contributed by atoms with van der Waals surface area (Å²) in [4.78, 5) is 17.7. The van der Waals surface area contributed by atoms with Gasteiger partial charge in [-0.25, -0.2) is 9.97 Å². The second-order valence-corrected chi connectivity index (χ2v) is 2.40. The molecule has 52 valence electrons. The Labute approximate surface area is 62.9 Å². The lowest BCUT2D eigenvalue weighted by Gasteiger charge is -1.92. The predicted molar refractivity (Wildman–Crippen MR) is 39.2 cm³/mol. The molecule has 0 aliphatic heterocycles. The molecule has 10 heavy (non-hydrogen) atoms. The highest BCUT2D eigenvalue weighted by Gasteiger charge is 1.93. The van der Waals surface area contributed by atoms with Crippen LogP contribution < -0.4 is 0 Å². The van der Waals surface area contributed by atoms with Gasteiger partial charge in [-0.3, -0.25) is 4.79 Å². The molecule has 0 bridgehead atoms. The summed E-state index contributed by atoms with van der Waals surface area (Å²) in [5.41, 5.74) is 0. The van der Waals surface area contributed by atoms with Crippen molar-refractivity contribution in [2.24, 2.45) is 0 Å². The maximum Gasteiger partial charge on any atom is 0.193 e. The van der Waals surface area contributed by atoms with Crippen molar-refractivity contribution in [1.82, 2.24) is 9.97 Å². The molecule has 1 rings (SSSR count). The fraction of sp³-hybridized carbons (Fsp3) is 0.167. The normalized spacial score (nSPS) is 9.30. The van der Waals surface area contributed by atoms with Crippen molar-refractivity contribution in [2.75, 3.05) is 6.26 Å². The van der Waals surface area contributed by atoms with E-state index in [1.54, 1.807) is 12.3 Å². The van der Waals surface area contributed by atoms with Crippen LogP contribution in [0.2, 0.25) is 0 Å². The summed E-state index contributed by atoms with van der Waals surface area (Å²) in [6.45, 7) is 0. The van der Waals surface area contributed by atoms with Gasteiger partial charge < -0.3 is 0 Å². The molecule has 0 unspecified atom stereocenters. The van der Waals surface area contributed by atoms with Crippen molar-refractivity contribution in [3.05, 3.63) is 18.1 Å². The van der Waals surface area contributed by atoms with Crippen molar-refractivity contribution < 1.29 is 4.79 Å². The van der Waals surface area contributed by atoms with Gasteiger partial charge in [0.1, 0.15) is 0 Å². The second-order valence-electron chi connectivity index (χ2n) is 1.58. The van der Waals surface area contributed by atoms with E-state index in [1.807, 2.05) is 6.26 Å². The Morgan fingerprint density at radius 1 is 1.70 bits per heavy atom. The Bertz CT molecular complexity index is 239. The zero-order chi connectivity index (χ0) is 7.40. The smallest absolute Gasteiger partial charge is 0.193 e. The van der Waals surface area contributed by atoms with Crippen molar-refractivity contribution in [1.29, 1.82) is 0 Å². The Morgan fingerprint density at radius 2 is 2.50 bits per heavy atom. The van der Waals surface area contributed by atoms with Crippen LogP contribution in [0.15, 0.2) is 17.3 Å². The summed E-state index contributed by atoms with van der Waals surface area (Å²) in [6.07, 6.45) is 4.11. The summed E-state index contributed by atoms with van der Waals surface area (Å²) in [6, 6.07) is 1.76. The third-order valence-corrected chi connectivity index (χ3v) is 1.61. The Kier molecular flexibility index (Phi) is 2.39. The molecule has 0 atom stereocenters. The van der Waals surface area contributed by atoms with Gasteiger partial charge in [-0.15, -0.1) is 11.8 Å². The maximum atomic E-state index is 10.1. The largest absolute Gasteiger partial charge is 0.294 e. The summed E-state index contributed by atoms with van der Waals surface area (Å²) >= 11 is 1.49.